The molecule has 2 aliphatic heterocycles. The molecule has 0 amide bonds. The van der Waals surface area contributed by atoms with Gasteiger partial charge in [0.25, 0.3) is 0 Å². The van der Waals surface area contributed by atoms with Gasteiger partial charge in [-0.25, -0.2) is 0 Å². The molecular formula is C19H32O2. The second-order valence-corrected chi connectivity index (χ2v) is 8.19. The fourth-order valence-corrected chi connectivity index (χ4v) is 5.59. The van der Waals surface area contributed by atoms with E-state index in [0.29, 0.717) is 12.2 Å². The summed E-state index contributed by atoms with van der Waals surface area (Å²) in [6.07, 6.45) is 15.5. The lowest BCUT2D eigenvalue weighted by molar-refractivity contribution is 0.246. The first-order valence-electron chi connectivity index (χ1n) is 9.61. The highest BCUT2D eigenvalue weighted by atomic mass is 16.6. The molecule has 2 nitrogen and oxygen atoms in total. The highest BCUT2D eigenvalue weighted by Gasteiger charge is 2.62. The molecule has 3 aliphatic carbocycles. The van der Waals surface area contributed by atoms with Gasteiger partial charge < -0.3 is 9.47 Å². The standard InChI is InChI=1S/C10H16O.C9H16O/c1-2-3-6-4-7-5-8(6)10-9(7)11-10;1-2-3-7-4-5-8-9(6-7)10-8/h6-10H,2-5H2,1H3;7-9H,2-6H2,1H3. The van der Waals surface area contributed by atoms with Crippen molar-refractivity contribution in [2.45, 2.75) is 96.1 Å². The average molecular weight is 292 g/mol. The third kappa shape index (κ3) is 2.91. The maximum Gasteiger partial charge on any atom is 0.0875 e. The zero-order valence-electron chi connectivity index (χ0n) is 13.8. The summed E-state index contributed by atoms with van der Waals surface area (Å²) in [6.45, 7) is 4.58. The Kier molecular flexibility index (Phi) is 4.04. The Morgan fingerprint density at radius 1 is 0.810 bits per heavy atom. The van der Waals surface area contributed by atoms with Crippen molar-refractivity contribution < 1.29 is 9.47 Å². The van der Waals surface area contributed by atoms with E-state index >= 15 is 0 Å². The van der Waals surface area contributed by atoms with Crippen LogP contribution < -0.4 is 0 Å². The first-order valence-corrected chi connectivity index (χ1v) is 9.61. The van der Waals surface area contributed by atoms with Crippen molar-refractivity contribution in [1.82, 2.24) is 0 Å². The molecule has 0 aromatic heterocycles. The highest BCUT2D eigenvalue weighted by Crippen LogP contribution is 2.59. The van der Waals surface area contributed by atoms with Crippen molar-refractivity contribution >= 4 is 0 Å². The molecule has 0 N–H and O–H groups in total. The summed E-state index contributed by atoms with van der Waals surface area (Å²) in [6, 6.07) is 0. The molecule has 3 saturated carbocycles. The largest absolute Gasteiger partial charge is 0.370 e. The van der Waals surface area contributed by atoms with Crippen LogP contribution in [0.3, 0.4) is 0 Å². The zero-order chi connectivity index (χ0) is 14.4. The number of fused-ring (bicyclic) bond motifs is 6. The SMILES string of the molecule is CCCC1CC2CC1C1OC21.CCCC1CCC2OC2C1. The topological polar surface area (TPSA) is 25.1 Å². The molecule has 8 atom stereocenters. The van der Waals surface area contributed by atoms with Gasteiger partial charge in [-0.1, -0.05) is 39.5 Å². The summed E-state index contributed by atoms with van der Waals surface area (Å²) in [7, 11) is 0. The Balaban J connectivity index is 0.000000110. The van der Waals surface area contributed by atoms with Crippen LogP contribution in [0.4, 0.5) is 0 Å². The van der Waals surface area contributed by atoms with Gasteiger partial charge in [0.05, 0.1) is 24.4 Å². The molecule has 8 unspecified atom stereocenters. The minimum atomic E-state index is 0.685. The molecule has 0 aromatic rings. The predicted molar refractivity (Wildman–Crippen MR) is 84.2 cm³/mol. The summed E-state index contributed by atoms with van der Waals surface area (Å²) in [5.41, 5.74) is 0. The van der Waals surface area contributed by atoms with E-state index < -0.39 is 0 Å². The molecule has 21 heavy (non-hydrogen) atoms. The molecule has 5 rings (SSSR count). The summed E-state index contributed by atoms with van der Waals surface area (Å²) < 4.78 is 11.1. The van der Waals surface area contributed by atoms with Crippen LogP contribution in [0.2, 0.25) is 0 Å². The van der Waals surface area contributed by atoms with E-state index in [1.165, 1.54) is 57.8 Å². The smallest absolute Gasteiger partial charge is 0.0875 e. The monoisotopic (exact) mass is 292 g/mol. The van der Waals surface area contributed by atoms with E-state index in [1.54, 1.807) is 0 Å². The second-order valence-electron chi connectivity index (χ2n) is 8.19. The minimum absolute atomic E-state index is 0.685. The third-order valence-corrected chi connectivity index (χ3v) is 6.70. The van der Waals surface area contributed by atoms with Crippen LogP contribution in [0.15, 0.2) is 0 Å². The van der Waals surface area contributed by atoms with Crippen molar-refractivity contribution in [2.75, 3.05) is 0 Å². The number of epoxide rings is 2. The normalized spacial score (nSPS) is 51.7. The summed E-state index contributed by atoms with van der Waals surface area (Å²) in [5.74, 6) is 3.98. The average Bonchev–Trinajstić information content (AvgIpc) is 3.38. The highest BCUT2D eigenvalue weighted by molar-refractivity contribution is 5.10. The molecule has 0 spiro atoms. The number of ether oxygens (including phenoxy) is 2. The number of hydrogen-bond acceptors (Lipinski definition) is 2. The molecule has 2 bridgehead atoms. The molecular weight excluding hydrogens is 260 g/mol. The van der Waals surface area contributed by atoms with Crippen LogP contribution >= 0.6 is 0 Å². The third-order valence-electron chi connectivity index (χ3n) is 6.70. The Hall–Kier alpha value is -0.0800. The van der Waals surface area contributed by atoms with E-state index in [4.69, 9.17) is 9.47 Å². The first-order chi connectivity index (χ1) is 10.3. The predicted octanol–water partition coefficient (Wildman–Crippen LogP) is 4.56. The molecule has 5 fully saturated rings. The molecule has 0 aromatic carbocycles. The van der Waals surface area contributed by atoms with Crippen LogP contribution in [0.25, 0.3) is 0 Å². The maximum atomic E-state index is 5.62. The van der Waals surface area contributed by atoms with Crippen molar-refractivity contribution in [3.63, 3.8) is 0 Å². The van der Waals surface area contributed by atoms with Crippen molar-refractivity contribution in [3.8, 4) is 0 Å². The maximum absolute atomic E-state index is 5.62. The van der Waals surface area contributed by atoms with Gasteiger partial charge in [0.2, 0.25) is 0 Å². The Labute approximate surface area is 130 Å². The van der Waals surface area contributed by atoms with Crippen molar-refractivity contribution in [3.05, 3.63) is 0 Å². The van der Waals surface area contributed by atoms with Gasteiger partial charge in [-0.3, -0.25) is 0 Å². The molecule has 0 radical (unpaired) electrons. The van der Waals surface area contributed by atoms with E-state index in [0.717, 1.165) is 35.9 Å². The van der Waals surface area contributed by atoms with Gasteiger partial charge >= 0.3 is 0 Å². The van der Waals surface area contributed by atoms with Crippen LogP contribution in [0.5, 0.6) is 0 Å². The van der Waals surface area contributed by atoms with E-state index in [9.17, 15) is 0 Å². The van der Waals surface area contributed by atoms with Crippen molar-refractivity contribution in [2.24, 2.45) is 23.7 Å². The number of rotatable bonds is 4. The van der Waals surface area contributed by atoms with Gasteiger partial charge in [0.15, 0.2) is 0 Å². The van der Waals surface area contributed by atoms with Crippen LogP contribution in [-0.4, -0.2) is 24.4 Å². The Bertz CT molecular complexity index is 369. The van der Waals surface area contributed by atoms with Gasteiger partial charge in [-0.05, 0) is 55.8 Å². The molecule has 5 aliphatic rings. The molecule has 2 saturated heterocycles. The van der Waals surface area contributed by atoms with Gasteiger partial charge in [0, 0.05) is 0 Å². The quantitative estimate of drug-likeness (QED) is 0.709. The lowest BCUT2D eigenvalue weighted by Crippen LogP contribution is -2.17. The molecule has 2 heterocycles. The number of hydrogen-bond donors (Lipinski definition) is 0. The van der Waals surface area contributed by atoms with Gasteiger partial charge in [-0.2, -0.15) is 0 Å². The lowest BCUT2D eigenvalue weighted by atomic mass is 9.86. The van der Waals surface area contributed by atoms with Crippen LogP contribution in [0.1, 0.15) is 71.6 Å². The van der Waals surface area contributed by atoms with Gasteiger partial charge in [0.1, 0.15) is 0 Å². The van der Waals surface area contributed by atoms with Crippen LogP contribution in [-0.2, 0) is 9.47 Å². The zero-order valence-corrected chi connectivity index (χ0v) is 13.8. The Morgan fingerprint density at radius 2 is 1.67 bits per heavy atom. The Morgan fingerprint density at radius 3 is 2.33 bits per heavy atom. The fourth-order valence-electron chi connectivity index (χ4n) is 5.59. The van der Waals surface area contributed by atoms with E-state index in [2.05, 4.69) is 13.8 Å². The van der Waals surface area contributed by atoms with Crippen molar-refractivity contribution in [1.29, 1.82) is 0 Å². The van der Waals surface area contributed by atoms with Gasteiger partial charge in [-0.15, -0.1) is 0 Å². The summed E-state index contributed by atoms with van der Waals surface area (Å²) in [4.78, 5) is 0. The van der Waals surface area contributed by atoms with E-state index in [1.807, 2.05) is 0 Å². The first kappa shape index (κ1) is 14.5. The molecule has 2 heteroatoms. The fraction of sp³-hybridized carbons (Fsp3) is 1.00. The van der Waals surface area contributed by atoms with E-state index in [-0.39, 0.29) is 0 Å². The molecule has 120 valence electrons. The second kappa shape index (κ2) is 5.85. The minimum Gasteiger partial charge on any atom is -0.370 e. The van der Waals surface area contributed by atoms with Crippen LogP contribution in [0, 0.1) is 23.7 Å². The summed E-state index contributed by atoms with van der Waals surface area (Å²) >= 11 is 0. The summed E-state index contributed by atoms with van der Waals surface area (Å²) in [5, 5.41) is 0. The lowest BCUT2D eigenvalue weighted by Gasteiger charge is -2.17.